The molecule has 0 atom stereocenters. The standard InChI is InChI=1S/C27H31N9O3S/c1-18(2)32-24-13-26(30-16-22(24)23-6-3-20(15-29-23)35-9-11-39-12-10-35)33-25-7-8-28-27(34-25)19-14-31-36(17-19)40(37,38)21-4-5-21/h3,6-8,13-18,21H,4-5,9-12H2,1-2H3,(H2,28,30,32,33,34). The number of morpholine rings is 1. The summed E-state index contributed by atoms with van der Waals surface area (Å²) >= 11 is 0. The van der Waals surface area contributed by atoms with E-state index >= 15 is 0 Å². The quantitative estimate of drug-likeness (QED) is 0.310. The first-order valence-electron chi connectivity index (χ1n) is 13.3. The summed E-state index contributed by atoms with van der Waals surface area (Å²) in [4.78, 5) is 20.5. The van der Waals surface area contributed by atoms with Crippen LogP contribution in [-0.4, -0.2) is 75.1 Å². The largest absolute Gasteiger partial charge is 0.382 e. The summed E-state index contributed by atoms with van der Waals surface area (Å²) in [5, 5.41) is 10.4. The maximum absolute atomic E-state index is 12.5. The van der Waals surface area contributed by atoms with E-state index < -0.39 is 10.0 Å². The lowest BCUT2D eigenvalue weighted by Crippen LogP contribution is -2.36. The third-order valence-corrected chi connectivity index (χ3v) is 8.72. The van der Waals surface area contributed by atoms with Crippen LogP contribution in [0, 0.1) is 0 Å². The van der Waals surface area contributed by atoms with Crippen LogP contribution < -0.4 is 15.5 Å². The Labute approximate surface area is 232 Å². The average Bonchev–Trinajstić information content (AvgIpc) is 3.71. The van der Waals surface area contributed by atoms with Crippen molar-refractivity contribution < 1.29 is 13.2 Å². The predicted octanol–water partition coefficient (Wildman–Crippen LogP) is 3.54. The van der Waals surface area contributed by atoms with Gasteiger partial charge >= 0.3 is 0 Å². The van der Waals surface area contributed by atoms with Gasteiger partial charge in [-0.3, -0.25) is 4.98 Å². The second-order valence-corrected chi connectivity index (χ2v) is 12.2. The van der Waals surface area contributed by atoms with Gasteiger partial charge < -0.3 is 20.3 Å². The van der Waals surface area contributed by atoms with E-state index in [1.165, 1.54) is 12.4 Å². The van der Waals surface area contributed by atoms with Crippen molar-refractivity contribution in [2.45, 2.75) is 38.0 Å². The van der Waals surface area contributed by atoms with Crippen molar-refractivity contribution in [1.82, 2.24) is 29.1 Å². The molecule has 1 saturated carbocycles. The van der Waals surface area contributed by atoms with Crippen LogP contribution in [0.25, 0.3) is 22.6 Å². The lowest BCUT2D eigenvalue weighted by molar-refractivity contribution is 0.122. The van der Waals surface area contributed by atoms with Gasteiger partial charge in [0.2, 0.25) is 0 Å². The van der Waals surface area contributed by atoms with Gasteiger partial charge in [-0.1, -0.05) is 0 Å². The highest BCUT2D eigenvalue weighted by molar-refractivity contribution is 7.90. The van der Waals surface area contributed by atoms with E-state index in [-0.39, 0.29) is 11.3 Å². The zero-order chi connectivity index (χ0) is 27.7. The number of ether oxygens (including phenoxy) is 1. The molecule has 2 aliphatic rings. The van der Waals surface area contributed by atoms with Crippen LogP contribution >= 0.6 is 0 Å². The van der Waals surface area contributed by atoms with Gasteiger partial charge in [-0.15, -0.1) is 0 Å². The minimum absolute atomic E-state index is 0.190. The third kappa shape index (κ3) is 5.61. The molecule has 1 aliphatic heterocycles. The molecule has 2 fully saturated rings. The monoisotopic (exact) mass is 561 g/mol. The number of pyridine rings is 2. The van der Waals surface area contributed by atoms with Gasteiger partial charge in [-0.25, -0.2) is 23.4 Å². The predicted molar refractivity (Wildman–Crippen MR) is 153 cm³/mol. The van der Waals surface area contributed by atoms with Gasteiger partial charge in [0, 0.05) is 48.8 Å². The lowest BCUT2D eigenvalue weighted by Gasteiger charge is -2.28. The van der Waals surface area contributed by atoms with E-state index in [1.54, 1.807) is 18.5 Å². The Hall–Kier alpha value is -4.10. The SMILES string of the molecule is CC(C)Nc1cc(Nc2ccnc(-c3cnn(S(=O)(=O)C4CC4)c3)n2)ncc1-c1ccc(N2CCOCC2)cn1. The fourth-order valence-corrected chi connectivity index (χ4v) is 5.97. The molecule has 1 saturated heterocycles. The molecule has 6 rings (SSSR count). The van der Waals surface area contributed by atoms with E-state index in [2.05, 4.69) is 55.5 Å². The second kappa shape index (κ2) is 10.8. The summed E-state index contributed by atoms with van der Waals surface area (Å²) in [5.74, 6) is 1.48. The van der Waals surface area contributed by atoms with Crippen LogP contribution in [0.5, 0.6) is 0 Å². The maximum atomic E-state index is 12.5. The van der Waals surface area contributed by atoms with Crippen LogP contribution in [0.1, 0.15) is 26.7 Å². The van der Waals surface area contributed by atoms with Crippen molar-refractivity contribution in [2.75, 3.05) is 41.8 Å². The molecule has 4 aromatic rings. The molecule has 40 heavy (non-hydrogen) atoms. The number of hydrogen-bond donors (Lipinski definition) is 2. The summed E-state index contributed by atoms with van der Waals surface area (Å²) in [6.45, 7) is 7.31. The highest BCUT2D eigenvalue weighted by Gasteiger charge is 2.37. The molecule has 0 aromatic carbocycles. The Morgan fingerprint density at radius 3 is 2.55 bits per heavy atom. The number of nitrogens with one attached hydrogen (secondary N) is 2. The van der Waals surface area contributed by atoms with Crippen molar-refractivity contribution in [3.63, 3.8) is 0 Å². The van der Waals surface area contributed by atoms with Crippen LogP contribution in [0.15, 0.2) is 55.2 Å². The lowest BCUT2D eigenvalue weighted by atomic mass is 10.1. The van der Waals surface area contributed by atoms with E-state index in [9.17, 15) is 8.42 Å². The molecule has 4 aromatic heterocycles. The molecule has 0 bridgehead atoms. The highest BCUT2D eigenvalue weighted by atomic mass is 32.2. The van der Waals surface area contributed by atoms with Gasteiger partial charge in [-0.2, -0.15) is 9.19 Å². The Morgan fingerprint density at radius 1 is 1.00 bits per heavy atom. The number of rotatable bonds is 9. The summed E-state index contributed by atoms with van der Waals surface area (Å²) < 4.78 is 31.5. The van der Waals surface area contributed by atoms with Gasteiger partial charge in [0.15, 0.2) is 5.82 Å². The Kier molecular flexibility index (Phi) is 7.07. The van der Waals surface area contributed by atoms with Crippen molar-refractivity contribution in [3.8, 4) is 22.6 Å². The minimum atomic E-state index is -3.46. The van der Waals surface area contributed by atoms with E-state index in [0.29, 0.717) is 35.9 Å². The van der Waals surface area contributed by atoms with Gasteiger partial charge in [0.25, 0.3) is 10.0 Å². The summed E-state index contributed by atoms with van der Waals surface area (Å²) in [5.41, 5.74) is 4.19. The smallest absolute Gasteiger partial charge is 0.256 e. The fourth-order valence-electron chi connectivity index (χ4n) is 4.49. The van der Waals surface area contributed by atoms with Crippen LogP contribution in [0.3, 0.4) is 0 Å². The Balaban J connectivity index is 1.23. The molecule has 12 nitrogen and oxygen atoms in total. The van der Waals surface area contributed by atoms with Gasteiger partial charge in [0.1, 0.15) is 11.6 Å². The molecule has 1 aliphatic carbocycles. The minimum Gasteiger partial charge on any atom is -0.382 e. The molecule has 0 amide bonds. The summed E-state index contributed by atoms with van der Waals surface area (Å²) in [7, 11) is -3.46. The van der Waals surface area contributed by atoms with Crippen molar-refractivity contribution in [2.24, 2.45) is 0 Å². The molecule has 0 radical (unpaired) electrons. The van der Waals surface area contributed by atoms with Crippen molar-refractivity contribution in [3.05, 3.63) is 55.2 Å². The first-order valence-corrected chi connectivity index (χ1v) is 14.8. The molecule has 208 valence electrons. The molecule has 5 heterocycles. The van der Waals surface area contributed by atoms with E-state index in [0.717, 1.165) is 53.0 Å². The Bertz CT molecular complexity index is 1600. The highest BCUT2D eigenvalue weighted by Crippen LogP contribution is 2.32. The molecule has 13 heteroatoms. The molecule has 0 spiro atoms. The van der Waals surface area contributed by atoms with Crippen molar-refractivity contribution in [1.29, 1.82) is 0 Å². The number of hydrogen-bond acceptors (Lipinski definition) is 11. The first kappa shape index (κ1) is 26.1. The topological polar surface area (TPSA) is 140 Å². The number of nitrogens with zero attached hydrogens (tertiary/aromatic N) is 7. The number of aromatic nitrogens is 6. The Morgan fingerprint density at radius 2 is 1.82 bits per heavy atom. The molecule has 0 unspecified atom stereocenters. The third-order valence-electron chi connectivity index (χ3n) is 6.68. The molecular weight excluding hydrogens is 530 g/mol. The van der Waals surface area contributed by atoms with E-state index in [1.807, 2.05) is 18.3 Å². The molecular formula is C27H31N9O3S. The average molecular weight is 562 g/mol. The summed E-state index contributed by atoms with van der Waals surface area (Å²) in [6, 6.07) is 7.94. The van der Waals surface area contributed by atoms with Crippen molar-refractivity contribution >= 4 is 33.0 Å². The summed E-state index contributed by atoms with van der Waals surface area (Å²) in [6.07, 6.45) is 9.56. The second-order valence-electron chi connectivity index (χ2n) is 10.2. The molecule has 2 N–H and O–H groups in total. The zero-order valence-electron chi connectivity index (χ0n) is 22.4. The van der Waals surface area contributed by atoms with E-state index in [4.69, 9.17) is 9.72 Å². The fraction of sp³-hybridized carbons (Fsp3) is 0.370. The van der Waals surface area contributed by atoms with Crippen LogP contribution in [0.2, 0.25) is 0 Å². The van der Waals surface area contributed by atoms with Crippen LogP contribution in [0.4, 0.5) is 23.0 Å². The zero-order valence-corrected chi connectivity index (χ0v) is 23.2. The van der Waals surface area contributed by atoms with Gasteiger partial charge in [-0.05, 0) is 44.9 Å². The maximum Gasteiger partial charge on any atom is 0.256 e. The normalized spacial score (nSPS) is 15.8. The first-order chi connectivity index (χ1) is 19.4. The van der Waals surface area contributed by atoms with Crippen LogP contribution in [-0.2, 0) is 14.8 Å². The van der Waals surface area contributed by atoms with Gasteiger partial charge in [0.05, 0.1) is 54.0 Å². The number of anilines is 4.